The zero-order valence-corrected chi connectivity index (χ0v) is 13.3. The zero-order chi connectivity index (χ0) is 15.0. The average Bonchev–Trinajstić information content (AvgIpc) is 2.99. The molecule has 1 N–H and O–H groups in total. The number of rotatable bonds is 2. The topological polar surface area (TPSA) is 49.8 Å². The number of carbonyl (C=O) groups is 1. The van der Waals surface area contributed by atoms with E-state index < -0.39 is 11.2 Å². The van der Waals surface area contributed by atoms with Gasteiger partial charge in [0.15, 0.2) is 0 Å². The van der Waals surface area contributed by atoms with Crippen LogP contribution in [-0.4, -0.2) is 39.9 Å². The molecule has 0 aromatic carbocycles. The van der Waals surface area contributed by atoms with Crippen LogP contribution in [0.5, 0.6) is 0 Å². The molecule has 2 rings (SSSR count). The minimum atomic E-state index is -0.788. The summed E-state index contributed by atoms with van der Waals surface area (Å²) in [7, 11) is 0. The normalized spacial score (nSPS) is 27.6. The van der Waals surface area contributed by atoms with Gasteiger partial charge in [-0.25, -0.2) is 4.79 Å². The van der Waals surface area contributed by atoms with Crippen LogP contribution in [0, 0.1) is 5.92 Å². The molecule has 0 spiro atoms. The van der Waals surface area contributed by atoms with E-state index in [1.807, 2.05) is 27.7 Å². The fourth-order valence-electron chi connectivity index (χ4n) is 3.70. The first kappa shape index (κ1) is 15.6. The number of amides is 1. The Kier molecular flexibility index (Phi) is 4.33. The van der Waals surface area contributed by atoms with Gasteiger partial charge < -0.3 is 14.7 Å². The van der Waals surface area contributed by atoms with Crippen molar-refractivity contribution in [2.24, 2.45) is 5.92 Å². The summed E-state index contributed by atoms with van der Waals surface area (Å²) in [4.78, 5) is 14.1. The summed E-state index contributed by atoms with van der Waals surface area (Å²) in [5, 5.41) is 11.0. The number of carbonyl (C=O) groups excluding carboxylic acids is 1. The molecule has 1 saturated heterocycles. The number of hydrogen-bond acceptors (Lipinski definition) is 3. The smallest absolute Gasteiger partial charge is 0.410 e. The van der Waals surface area contributed by atoms with Gasteiger partial charge in [-0.2, -0.15) is 0 Å². The molecule has 20 heavy (non-hydrogen) atoms. The molecule has 1 aliphatic heterocycles. The summed E-state index contributed by atoms with van der Waals surface area (Å²) in [6.07, 6.45) is 6.09. The van der Waals surface area contributed by atoms with Crippen LogP contribution in [0.4, 0.5) is 4.79 Å². The lowest BCUT2D eigenvalue weighted by atomic mass is 9.80. The predicted molar refractivity (Wildman–Crippen MR) is 78.5 cm³/mol. The standard InChI is InChI=1S/C16H29NO3/c1-15(2,3)20-14(18)17-11-7-10-13(17)16(4,19)12-8-5-6-9-12/h12-13,19H,5-11H2,1-4H3/t13-,16+/m0/s1. The van der Waals surface area contributed by atoms with Gasteiger partial charge in [0.1, 0.15) is 5.60 Å². The van der Waals surface area contributed by atoms with E-state index in [9.17, 15) is 9.90 Å². The fraction of sp³-hybridized carbons (Fsp3) is 0.938. The lowest BCUT2D eigenvalue weighted by Crippen LogP contribution is -2.54. The van der Waals surface area contributed by atoms with Crippen LogP contribution in [0.25, 0.3) is 0 Å². The highest BCUT2D eigenvalue weighted by Gasteiger charge is 2.47. The van der Waals surface area contributed by atoms with E-state index in [0.29, 0.717) is 12.5 Å². The van der Waals surface area contributed by atoms with Gasteiger partial charge in [0, 0.05) is 6.54 Å². The summed E-state index contributed by atoms with van der Waals surface area (Å²) in [5.41, 5.74) is -1.27. The minimum absolute atomic E-state index is 0.0968. The molecule has 116 valence electrons. The van der Waals surface area contributed by atoms with Crippen molar-refractivity contribution in [3.63, 3.8) is 0 Å². The maximum Gasteiger partial charge on any atom is 0.410 e. The number of aliphatic hydroxyl groups is 1. The maximum atomic E-state index is 12.3. The van der Waals surface area contributed by atoms with Crippen LogP contribution in [0.1, 0.15) is 66.2 Å². The second-order valence-corrected chi connectivity index (χ2v) is 7.54. The Morgan fingerprint density at radius 3 is 2.25 bits per heavy atom. The molecule has 2 aliphatic rings. The van der Waals surface area contributed by atoms with Crippen molar-refractivity contribution >= 4 is 6.09 Å². The predicted octanol–water partition coefficient (Wildman–Crippen LogP) is 3.33. The monoisotopic (exact) mass is 283 g/mol. The highest BCUT2D eigenvalue weighted by Crippen LogP contribution is 2.40. The van der Waals surface area contributed by atoms with Gasteiger partial charge >= 0.3 is 6.09 Å². The van der Waals surface area contributed by atoms with E-state index in [2.05, 4.69) is 0 Å². The van der Waals surface area contributed by atoms with E-state index >= 15 is 0 Å². The van der Waals surface area contributed by atoms with Crippen molar-refractivity contribution in [1.82, 2.24) is 4.90 Å². The molecular weight excluding hydrogens is 254 g/mol. The van der Waals surface area contributed by atoms with Gasteiger partial charge in [-0.15, -0.1) is 0 Å². The molecule has 4 heteroatoms. The summed E-state index contributed by atoms with van der Waals surface area (Å²) in [6.45, 7) is 8.25. The molecule has 0 aromatic rings. The van der Waals surface area contributed by atoms with Gasteiger partial charge in [0.25, 0.3) is 0 Å². The Labute approximate surface area is 122 Å². The van der Waals surface area contributed by atoms with Gasteiger partial charge in [-0.3, -0.25) is 0 Å². The third-order valence-electron chi connectivity index (χ3n) is 4.74. The molecule has 0 aromatic heterocycles. The maximum absolute atomic E-state index is 12.3. The molecule has 1 amide bonds. The van der Waals surface area contributed by atoms with Crippen LogP contribution in [0.3, 0.4) is 0 Å². The van der Waals surface area contributed by atoms with Crippen LogP contribution < -0.4 is 0 Å². The molecule has 0 unspecified atom stereocenters. The highest BCUT2D eigenvalue weighted by molar-refractivity contribution is 5.69. The van der Waals surface area contributed by atoms with Crippen molar-refractivity contribution < 1.29 is 14.6 Å². The summed E-state index contributed by atoms with van der Waals surface area (Å²) in [6, 6.07) is -0.0968. The van der Waals surface area contributed by atoms with E-state index in [4.69, 9.17) is 4.74 Å². The SMILES string of the molecule is CC(C)(C)OC(=O)N1CCC[C@H]1[C@](C)(O)C1CCCC1. The highest BCUT2D eigenvalue weighted by atomic mass is 16.6. The van der Waals surface area contributed by atoms with Gasteiger partial charge in [-0.05, 0) is 59.3 Å². The lowest BCUT2D eigenvalue weighted by molar-refractivity contribution is -0.0668. The minimum Gasteiger partial charge on any atom is -0.444 e. The van der Waals surface area contributed by atoms with E-state index in [1.165, 1.54) is 12.8 Å². The van der Waals surface area contributed by atoms with Crippen LogP contribution in [0.15, 0.2) is 0 Å². The molecule has 4 nitrogen and oxygen atoms in total. The molecule has 1 aliphatic carbocycles. The van der Waals surface area contributed by atoms with E-state index in [0.717, 1.165) is 25.7 Å². The first-order valence-electron chi connectivity index (χ1n) is 7.94. The average molecular weight is 283 g/mol. The largest absolute Gasteiger partial charge is 0.444 e. The number of ether oxygens (including phenoxy) is 1. The van der Waals surface area contributed by atoms with Gasteiger partial charge in [0.05, 0.1) is 11.6 Å². The second kappa shape index (κ2) is 5.55. The van der Waals surface area contributed by atoms with Crippen molar-refractivity contribution in [3.8, 4) is 0 Å². The van der Waals surface area contributed by atoms with Crippen molar-refractivity contribution in [1.29, 1.82) is 0 Å². The quantitative estimate of drug-likeness (QED) is 0.845. The Bertz CT molecular complexity index is 353. The van der Waals surface area contributed by atoms with Crippen LogP contribution >= 0.6 is 0 Å². The van der Waals surface area contributed by atoms with Crippen molar-refractivity contribution in [2.45, 2.75) is 83.5 Å². The Hall–Kier alpha value is -0.770. The Balaban J connectivity index is 2.08. The Morgan fingerprint density at radius 1 is 1.10 bits per heavy atom. The summed E-state index contributed by atoms with van der Waals surface area (Å²) in [5.74, 6) is 0.315. The van der Waals surface area contributed by atoms with E-state index in [1.54, 1.807) is 4.90 Å². The van der Waals surface area contributed by atoms with E-state index in [-0.39, 0.29) is 12.1 Å². The third kappa shape index (κ3) is 3.27. The third-order valence-corrected chi connectivity index (χ3v) is 4.74. The van der Waals surface area contributed by atoms with Crippen LogP contribution in [-0.2, 0) is 4.74 Å². The second-order valence-electron chi connectivity index (χ2n) is 7.54. The van der Waals surface area contributed by atoms with Crippen molar-refractivity contribution in [2.75, 3.05) is 6.54 Å². The first-order valence-corrected chi connectivity index (χ1v) is 7.94. The van der Waals surface area contributed by atoms with Gasteiger partial charge in [-0.1, -0.05) is 12.8 Å². The first-order chi connectivity index (χ1) is 9.22. The number of likely N-dealkylation sites (tertiary alicyclic amines) is 1. The molecule has 2 fully saturated rings. The van der Waals surface area contributed by atoms with Gasteiger partial charge in [0.2, 0.25) is 0 Å². The molecule has 2 atom stereocenters. The molecule has 0 radical (unpaired) electrons. The number of hydrogen-bond donors (Lipinski definition) is 1. The fourth-order valence-corrected chi connectivity index (χ4v) is 3.70. The summed E-state index contributed by atoms with van der Waals surface area (Å²) >= 11 is 0. The molecular formula is C16H29NO3. The Morgan fingerprint density at radius 2 is 1.70 bits per heavy atom. The molecule has 0 bridgehead atoms. The van der Waals surface area contributed by atoms with Crippen LogP contribution in [0.2, 0.25) is 0 Å². The van der Waals surface area contributed by atoms with Crippen molar-refractivity contribution in [3.05, 3.63) is 0 Å². The zero-order valence-electron chi connectivity index (χ0n) is 13.3. The summed E-state index contributed by atoms with van der Waals surface area (Å²) < 4.78 is 5.49. The molecule has 1 heterocycles. The number of nitrogens with zero attached hydrogens (tertiary/aromatic N) is 1. The molecule has 1 saturated carbocycles. The lowest BCUT2D eigenvalue weighted by Gasteiger charge is -2.40.